The molecule has 3 atom stereocenters. The number of hydrogen-bond donors (Lipinski definition) is 3. The molecule has 1 saturated heterocycles. The minimum absolute atomic E-state index is 0.0172. The summed E-state index contributed by atoms with van der Waals surface area (Å²) in [5.74, 6) is -1.55. The van der Waals surface area contributed by atoms with Gasteiger partial charge in [0, 0.05) is 10.4 Å². The Kier molecular flexibility index (Phi) is 6.30. The Bertz CT molecular complexity index is 927. The maximum Gasteiger partial charge on any atom is 0.326 e. The van der Waals surface area contributed by atoms with Crippen molar-refractivity contribution in [2.45, 2.75) is 44.4 Å². The summed E-state index contributed by atoms with van der Waals surface area (Å²) in [6.45, 7) is 1.93. The molecule has 1 amide bonds. The number of hydrogen-bond acceptors (Lipinski definition) is 5. The summed E-state index contributed by atoms with van der Waals surface area (Å²) in [6.07, 6.45) is -0.636. The normalized spacial score (nSPS) is 19.7. The van der Waals surface area contributed by atoms with Crippen molar-refractivity contribution in [1.29, 1.82) is 0 Å². The van der Waals surface area contributed by atoms with E-state index in [1.54, 1.807) is 30.3 Å². The minimum atomic E-state index is -1.10. The summed E-state index contributed by atoms with van der Waals surface area (Å²) in [5.41, 5.74) is 2.13. The van der Waals surface area contributed by atoms with Crippen molar-refractivity contribution < 1.29 is 24.9 Å². The predicted octanol–water partition coefficient (Wildman–Crippen LogP) is 3.31. The molecule has 3 rings (SSSR count). The lowest BCUT2D eigenvalue weighted by atomic mass is 10.0. The number of likely N-dealkylation sites (tertiary alicyclic amines) is 1. The van der Waals surface area contributed by atoms with Crippen molar-refractivity contribution >= 4 is 29.0 Å². The van der Waals surface area contributed by atoms with Crippen LogP contribution in [0.4, 0.5) is 0 Å². The van der Waals surface area contributed by atoms with Gasteiger partial charge in [0.25, 0.3) is 0 Å². The molecule has 1 heterocycles. The Morgan fingerprint density at radius 1 is 1.14 bits per heavy atom. The van der Waals surface area contributed by atoms with Gasteiger partial charge in [0.15, 0.2) is 0 Å². The van der Waals surface area contributed by atoms with E-state index in [1.807, 2.05) is 19.1 Å². The maximum absolute atomic E-state index is 13.0. The largest absolute Gasteiger partial charge is 0.508 e. The number of aliphatic hydroxyl groups is 1. The first-order chi connectivity index (χ1) is 13.8. The third-order valence-electron chi connectivity index (χ3n) is 5.28. The summed E-state index contributed by atoms with van der Waals surface area (Å²) in [5, 5.41) is 30.3. The summed E-state index contributed by atoms with van der Waals surface area (Å²) < 4.78 is 0. The first-order valence-electron chi connectivity index (χ1n) is 9.38. The topological polar surface area (TPSA) is 98.1 Å². The van der Waals surface area contributed by atoms with E-state index in [-0.39, 0.29) is 23.5 Å². The van der Waals surface area contributed by atoms with Gasteiger partial charge in [-0.15, -0.1) is 0 Å². The highest BCUT2D eigenvalue weighted by molar-refractivity contribution is 7.80. The number of phenols is 1. The molecule has 0 saturated carbocycles. The zero-order valence-corrected chi connectivity index (χ0v) is 16.8. The molecule has 3 N–H and O–H groups in total. The monoisotopic (exact) mass is 413 g/mol. The van der Waals surface area contributed by atoms with Crippen LogP contribution in [0.5, 0.6) is 5.75 Å². The fourth-order valence-corrected chi connectivity index (χ4v) is 4.01. The van der Waals surface area contributed by atoms with E-state index >= 15 is 0 Å². The fraction of sp³-hybridized carbons (Fsp3) is 0.318. The minimum Gasteiger partial charge on any atom is -0.508 e. The van der Waals surface area contributed by atoms with Gasteiger partial charge in [-0.25, -0.2) is 4.79 Å². The van der Waals surface area contributed by atoms with Crippen molar-refractivity contribution in [2.24, 2.45) is 0 Å². The molecular weight excluding hydrogens is 390 g/mol. The van der Waals surface area contributed by atoms with Crippen LogP contribution in [0.15, 0.2) is 48.5 Å². The third-order valence-corrected chi connectivity index (χ3v) is 5.65. The molecule has 2 aromatic carbocycles. The highest BCUT2D eigenvalue weighted by Crippen LogP contribution is 2.40. The predicted molar refractivity (Wildman–Crippen MR) is 112 cm³/mol. The van der Waals surface area contributed by atoms with Gasteiger partial charge in [0.1, 0.15) is 17.9 Å². The molecule has 0 aliphatic carbocycles. The van der Waals surface area contributed by atoms with Crippen molar-refractivity contribution in [3.8, 4) is 5.75 Å². The molecule has 2 aromatic rings. The Morgan fingerprint density at radius 3 is 2.41 bits per heavy atom. The number of amides is 1. The Labute approximate surface area is 174 Å². The van der Waals surface area contributed by atoms with E-state index in [4.69, 9.17) is 12.2 Å². The van der Waals surface area contributed by atoms with Crippen LogP contribution < -0.4 is 0 Å². The van der Waals surface area contributed by atoms with Gasteiger partial charge in [-0.05, 0) is 31.4 Å². The zero-order valence-electron chi connectivity index (χ0n) is 16.0. The Balaban J connectivity index is 1.81. The molecule has 0 aromatic heterocycles. The number of para-hydroxylation sites is 1. The number of thiocarbonyl (C=S) groups is 1. The average molecular weight is 413 g/mol. The second kappa shape index (κ2) is 8.71. The van der Waals surface area contributed by atoms with E-state index in [9.17, 15) is 24.9 Å². The lowest BCUT2D eigenvalue weighted by Gasteiger charge is -2.29. The van der Waals surface area contributed by atoms with Gasteiger partial charge in [-0.1, -0.05) is 60.2 Å². The van der Waals surface area contributed by atoms with Gasteiger partial charge < -0.3 is 20.2 Å². The van der Waals surface area contributed by atoms with Gasteiger partial charge in [-0.2, -0.15) is 0 Å². The van der Waals surface area contributed by atoms with Crippen molar-refractivity contribution in [3.05, 3.63) is 65.2 Å². The number of nitrogens with zero attached hydrogens (tertiary/aromatic N) is 1. The Hall–Kier alpha value is -2.77. The number of aliphatic hydroxyl groups excluding tert-OH is 1. The first kappa shape index (κ1) is 21.0. The van der Waals surface area contributed by atoms with E-state index in [0.717, 1.165) is 5.56 Å². The van der Waals surface area contributed by atoms with Crippen molar-refractivity contribution in [2.75, 3.05) is 0 Å². The number of phenolic OH excluding ortho intramolecular Hbond substituents is 1. The molecule has 3 unspecified atom stereocenters. The summed E-state index contributed by atoms with van der Waals surface area (Å²) in [4.78, 5) is 26.2. The summed E-state index contributed by atoms with van der Waals surface area (Å²) in [6, 6.07) is 12.2. The van der Waals surface area contributed by atoms with Crippen LogP contribution in [-0.2, 0) is 9.59 Å². The van der Waals surface area contributed by atoms with E-state index < -0.39 is 30.1 Å². The SMILES string of the molecule is Cc1ccc(C(O)C(=S)CC(=O)N2C(C(=O)O)CCC2c2ccccc2O)cc1. The molecule has 0 radical (unpaired) electrons. The average Bonchev–Trinajstić information content (AvgIpc) is 3.13. The number of carbonyl (C=O) groups excluding carboxylic acids is 1. The molecule has 1 aliphatic rings. The highest BCUT2D eigenvalue weighted by Gasteiger charge is 2.42. The number of rotatable bonds is 6. The van der Waals surface area contributed by atoms with Crippen LogP contribution in [0.25, 0.3) is 0 Å². The van der Waals surface area contributed by atoms with Crippen LogP contribution >= 0.6 is 12.2 Å². The second-order valence-corrected chi connectivity index (χ2v) is 7.79. The smallest absolute Gasteiger partial charge is 0.326 e. The van der Waals surface area contributed by atoms with E-state index in [0.29, 0.717) is 17.5 Å². The van der Waals surface area contributed by atoms with Crippen LogP contribution in [0, 0.1) is 6.92 Å². The number of carboxylic acid groups (broad SMARTS) is 1. The number of carboxylic acids is 1. The summed E-state index contributed by atoms with van der Waals surface area (Å²) in [7, 11) is 0. The number of benzene rings is 2. The zero-order chi connectivity index (χ0) is 21.1. The van der Waals surface area contributed by atoms with Crippen LogP contribution in [0.1, 0.15) is 48.1 Å². The van der Waals surface area contributed by atoms with Crippen molar-refractivity contribution in [1.82, 2.24) is 4.90 Å². The molecule has 1 aliphatic heterocycles. The van der Waals surface area contributed by atoms with Gasteiger partial charge in [-0.3, -0.25) is 4.79 Å². The summed E-state index contributed by atoms with van der Waals surface area (Å²) >= 11 is 5.29. The van der Waals surface area contributed by atoms with Crippen LogP contribution in [0.3, 0.4) is 0 Å². The third kappa shape index (κ3) is 4.46. The number of carbonyl (C=O) groups is 2. The first-order valence-corrected chi connectivity index (χ1v) is 9.79. The standard InChI is InChI=1S/C22H23NO5S/c1-13-6-8-14(9-7-13)21(26)19(29)12-20(25)23-16(10-11-17(23)22(27)28)15-4-2-3-5-18(15)24/h2-9,16-17,21,24,26H,10-12H2,1H3,(H,27,28). The number of aryl methyl sites for hydroxylation is 1. The maximum atomic E-state index is 13.0. The van der Waals surface area contributed by atoms with Gasteiger partial charge in [0.05, 0.1) is 12.5 Å². The molecule has 7 heteroatoms. The van der Waals surface area contributed by atoms with Gasteiger partial charge in [0.2, 0.25) is 5.91 Å². The molecule has 0 bridgehead atoms. The van der Waals surface area contributed by atoms with Crippen LogP contribution in [0.2, 0.25) is 0 Å². The molecule has 29 heavy (non-hydrogen) atoms. The molecule has 0 spiro atoms. The second-order valence-electron chi connectivity index (χ2n) is 7.26. The molecule has 6 nitrogen and oxygen atoms in total. The highest BCUT2D eigenvalue weighted by atomic mass is 32.1. The lowest BCUT2D eigenvalue weighted by molar-refractivity contribution is -0.149. The number of aromatic hydroxyl groups is 1. The molecule has 152 valence electrons. The lowest BCUT2D eigenvalue weighted by Crippen LogP contribution is -2.42. The fourth-order valence-electron chi connectivity index (χ4n) is 3.75. The quantitative estimate of drug-likeness (QED) is 0.629. The van der Waals surface area contributed by atoms with Crippen LogP contribution in [-0.4, -0.2) is 43.0 Å². The Morgan fingerprint density at radius 2 is 1.79 bits per heavy atom. The van der Waals surface area contributed by atoms with Crippen molar-refractivity contribution in [3.63, 3.8) is 0 Å². The molecular formula is C22H23NO5S. The van der Waals surface area contributed by atoms with E-state index in [2.05, 4.69) is 0 Å². The molecule has 1 fully saturated rings. The number of aliphatic carboxylic acids is 1. The van der Waals surface area contributed by atoms with E-state index in [1.165, 1.54) is 11.0 Å². The van der Waals surface area contributed by atoms with Gasteiger partial charge >= 0.3 is 5.97 Å².